The van der Waals surface area contributed by atoms with Gasteiger partial charge in [0.1, 0.15) is 5.82 Å². The smallest absolute Gasteiger partial charge is 0.125 e. The summed E-state index contributed by atoms with van der Waals surface area (Å²) in [6.07, 6.45) is 2.57. The molecular weight excluding hydrogens is 174 g/mol. The number of aromatic nitrogens is 1. The molecule has 0 amide bonds. The summed E-state index contributed by atoms with van der Waals surface area (Å²) in [6.45, 7) is 1.55. The summed E-state index contributed by atoms with van der Waals surface area (Å²) in [7, 11) is 0. The lowest BCUT2D eigenvalue weighted by Crippen LogP contribution is -2.08. The van der Waals surface area contributed by atoms with E-state index in [1.54, 1.807) is 12.3 Å². The molecule has 0 fully saturated rings. The summed E-state index contributed by atoms with van der Waals surface area (Å²) in [4.78, 5) is 4.07. The number of anilines is 1. The fraction of sp³-hybridized carbons (Fsp3) is 0.375. The van der Waals surface area contributed by atoms with Gasteiger partial charge in [-0.3, -0.25) is 0 Å². The van der Waals surface area contributed by atoms with Crippen molar-refractivity contribution in [1.29, 1.82) is 0 Å². The molecular formula is C8H12ClN3. The van der Waals surface area contributed by atoms with Gasteiger partial charge in [0.15, 0.2) is 0 Å². The van der Waals surface area contributed by atoms with Gasteiger partial charge in [0.25, 0.3) is 0 Å². The molecule has 1 aromatic rings. The zero-order valence-corrected chi connectivity index (χ0v) is 7.51. The molecule has 3 N–H and O–H groups in total. The molecule has 0 unspecified atom stereocenters. The van der Waals surface area contributed by atoms with Crippen LogP contribution in [0, 0.1) is 0 Å². The fourth-order valence-corrected chi connectivity index (χ4v) is 0.911. The Bertz CT molecular complexity index is 222. The number of halogens is 1. The molecule has 0 aromatic carbocycles. The third-order valence-electron chi connectivity index (χ3n) is 1.41. The predicted molar refractivity (Wildman–Crippen MR) is 51.4 cm³/mol. The molecule has 4 heteroatoms. The lowest BCUT2D eigenvalue weighted by atomic mass is 10.4. The van der Waals surface area contributed by atoms with Crippen LogP contribution in [0.3, 0.4) is 0 Å². The van der Waals surface area contributed by atoms with Crippen molar-refractivity contribution in [3.63, 3.8) is 0 Å². The van der Waals surface area contributed by atoms with E-state index in [-0.39, 0.29) is 0 Å². The van der Waals surface area contributed by atoms with Crippen LogP contribution in [0.2, 0.25) is 5.02 Å². The van der Waals surface area contributed by atoms with Crippen LogP contribution >= 0.6 is 11.6 Å². The van der Waals surface area contributed by atoms with E-state index in [1.165, 1.54) is 0 Å². The minimum absolute atomic E-state index is 0.652. The van der Waals surface area contributed by atoms with Crippen LogP contribution in [0.1, 0.15) is 6.42 Å². The second kappa shape index (κ2) is 4.95. The van der Waals surface area contributed by atoms with Gasteiger partial charge in [-0.25, -0.2) is 4.98 Å². The monoisotopic (exact) mass is 185 g/mol. The number of pyridine rings is 1. The average molecular weight is 186 g/mol. The van der Waals surface area contributed by atoms with E-state index in [2.05, 4.69) is 10.3 Å². The first-order valence-corrected chi connectivity index (χ1v) is 4.26. The van der Waals surface area contributed by atoms with Gasteiger partial charge in [0.2, 0.25) is 0 Å². The van der Waals surface area contributed by atoms with Gasteiger partial charge >= 0.3 is 0 Å². The van der Waals surface area contributed by atoms with Crippen molar-refractivity contribution < 1.29 is 0 Å². The number of nitrogens with zero attached hydrogens (tertiary/aromatic N) is 1. The van der Waals surface area contributed by atoms with Crippen LogP contribution in [-0.2, 0) is 0 Å². The van der Waals surface area contributed by atoms with Crippen molar-refractivity contribution in [2.45, 2.75) is 6.42 Å². The molecule has 0 spiro atoms. The molecule has 0 bridgehead atoms. The second-order valence-corrected chi connectivity index (χ2v) is 2.87. The maximum atomic E-state index is 5.66. The first-order chi connectivity index (χ1) is 5.83. The zero-order valence-electron chi connectivity index (χ0n) is 6.76. The number of rotatable bonds is 4. The number of hydrogen-bond donors (Lipinski definition) is 2. The number of nitrogens with two attached hydrogens (primary N) is 1. The Kier molecular flexibility index (Phi) is 3.84. The Morgan fingerprint density at radius 3 is 2.92 bits per heavy atom. The van der Waals surface area contributed by atoms with E-state index in [0.717, 1.165) is 18.8 Å². The SMILES string of the molecule is NCCCNc1ccc(Cl)cn1. The largest absolute Gasteiger partial charge is 0.370 e. The van der Waals surface area contributed by atoms with Gasteiger partial charge < -0.3 is 11.1 Å². The van der Waals surface area contributed by atoms with Crippen molar-refractivity contribution in [3.05, 3.63) is 23.4 Å². The minimum Gasteiger partial charge on any atom is -0.370 e. The Morgan fingerprint density at radius 1 is 1.50 bits per heavy atom. The van der Waals surface area contributed by atoms with Crippen molar-refractivity contribution >= 4 is 17.4 Å². The highest BCUT2D eigenvalue weighted by Gasteiger charge is 1.91. The highest BCUT2D eigenvalue weighted by Crippen LogP contribution is 2.08. The molecule has 66 valence electrons. The summed E-state index contributed by atoms with van der Waals surface area (Å²) < 4.78 is 0. The van der Waals surface area contributed by atoms with Gasteiger partial charge in [-0.2, -0.15) is 0 Å². The Hall–Kier alpha value is -0.800. The summed E-state index contributed by atoms with van der Waals surface area (Å²) >= 11 is 5.66. The summed E-state index contributed by atoms with van der Waals surface area (Å²) in [6, 6.07) is 3.65. The molecule has 1 heterocycles. The molecule has 0 aliphatic carbocycles. The van der Waals surface area contributed by atoms with E-state index in [1.807, 2.05) is 6.07 Å². The average Bonchev–Trinajstić information content (AvgIpc) is 2.09. The molecule has 1 aromatic heterocycles. The first-order valence-electron chi connectivity index (χ1n) is 3.88. The third-order valence-corrected chi connectivity index (χ3v) is 1.64. The standard InChI is InChI=1S/C8H12ClN3/c9-7-2-3-8(12-6-7)11-5-1-4-10/h2-3,6H,1,4-5,10H2,(H,11,12). The summed E-state index contributed by atoms with van der Waals surface area (Å²) in [5, 5.41) is 3.78. The Morgan fingerprint density at radius 2 is 2.33 bits per heavy atom. The van der Waals surface area contributed by atoms with Crippen LogP contribution in [-0.4, -0.2) is 18.1 Å². The van der Waals surface area contributed by atoms with Crippen LogP contribution in [0.15, 0.2) is 18.3 Å². The van der Waals surface area contributed by atoms with Gasteiger partial charge in [0.05, 0.1) is 5.02 Å². The fourth-order valence-electron chi connectivity index (χ4n) is 0.799. The van der Waals surface area contributed by atoms with E-state index >= 15 is 0 Å². The van der Waals surface area contributed by atoms with Crippen molar-refractivity contribution in [3.8, 4) is 0 Å². The second-order valence-electron chi connectivity index (χ2n) is 2.43. The maximum absolute atomic E-state index is 5.66. The van der Waals surface area contributed by atoms with E-state index in [4.69, 9.17) is 17.3 Å². The van der Waals surface area contributed by atoms with Crippen LogP contribution in [0.4, 0.5) is 5.82 Å². The van der Waals surface area contributed by atoms with E-state index in [0.29, 0.717) is 11.6 Å². The normalized spacial score (nSPS) is 9.83. The number of hydrogen-bond acceptors (Lipinski definition) is 3. The van der Waals surface area contributed by atoms with Crippen molar-refractivity contribution in [2.24, 2.45) is 5.73 Å². The highest BCUT2D eigenvalue weighted by molar-refractivity contribution is 6.30. The van der Waals surface area contributed by atoms with Gasteiger partial charge in [-0.05, 0) is 25.1 Å². The molecule has 0 saturated carbocycles. The lowest BCUT2D eigenvalue weighted by molar-refractivity contribution is 0.870. The molecule has 0 aliphatic heterocycles. The maximum Gasteiger partial charge on any atom is 0.125 e. The van der Waals surface area contributed by atoms with E-state index < -0.39 is 0 Å². The Balaban J connectivity index is 2.37. The van der Waals surface area contributed by atoms with Crippen molar-refractivity contribution in [2.75, 3.05) is 18.4 Å². The Labute approximate surface area is 76.9 Å². The highest BCUT2D eigenvalue weighted by atomic mass is 35.5. The zero-order chi connectivity index (χ0) is 8.81. The molecule has 3 nitrogen and oxygen atoms in total. The molecule has 0 aliphatic rings. The summed E-state index contributed by atoms with van der Waals surface area (Å²) in [5.41, 5.74) is 5.34. The van der Waals surface area contributed by atoms with Gasteiger partial charge in [0, 0.05) is 12.7 Å². The topological polar surface area (TPSA) is 50.9 Å². The number of nitrogens with one attached hydrogen (secondary N) is 1. The molecule has 0 atom stereocenters. The molecule has 12 heavy (non-hydrogen) atoms. The van der Waals surface area contributed by atoms with Crippen molar-refractivity contribution in [1.82, 2.24) is 4.98 Å². The minimum atomic E-state index is 0.652. The van der Waals surface area contributed by atoms with E-state index in [9.17, 15) is 0 Å². The third kappa shape index (κ3) is 3.07. The first kappa shape index (κ1) is 9.29. The van der Waals surface area contributed by atoms with Crippen LogP contribution in [0.5, 0.6) is 0 Å². The lowest BCUT2D eigenvalue weighted by Gasteiger charge is -2.02. The molecule has 0 saturated heterocycles. The van der Waals surface area contributed by atoms with Crippen LogP contribution < -0.4 is 11.1 Å². The predicted octanol–water partition coefficient (Wildman–Crippen LogP) is 1.50. The van der Waals surface area contributed by atoms with Crippen LogP contribution in [0.25, 0.3) is 0 Å². The summed E-state index contributed by atoms with van der Waals surface area (Å²) in [5.74, 6) is 0.841. The van der Waals surface area contributed by atoms with Gasteiger partial charge in [-0.1, -0.05) is 11.6 Å². The molecule has 1 rings (SSSR count). The van der Waals surface area contributed by atoms with Gasteiger partial charge in [-0.15, -0.1) is 0 Å². The quantitative estimate of drug-likeness (QED) is 0.699. The molecule has 0 radical (unpaired) electrons.